The molecule has 1 aromatic carbocycles. The fourth-order valence-corrected chi connectivity index (χ4v) is 3.00. The lowest BCUT2D eigenvalue weighted by Gasteiger charge is -2.05. The third kappa shape index (κ3) is 1.92. The zero-order valence-electron chi connectivity index (χ0n) is 11.7. The van der Waals surface area contributed by atoms with Crippen LogP contribution in [0, 0.1) is 6.92 Å². The molecule has 4 aromatic rings. The summed E-state index contributed by atoms with van der Waals surface area (Å²) in [5.41, 5.74) is 3.34. The van der Waals surface area contributed by atoms with E-state index in [4.69, 9.17) is 16.0 Å². The van der Waals surface area contributed by atoms with Crippen LogP contribution in [0.15, 0.2) is 51.9 Å². The molecule has 108 valence electrons. The van der Waals surface area contributed by atoms with E-state index < -0.39 is 0 Å². The number of para-hydroxylation sites is 1. The van der Waals surface area contributed by atoms with Crippen LogP contribution in [0.25, 0.3) is 33.3 Å². The number of rotatable bonds is 1. The van der Waals surface area contributed by atoms with Crippen LogP contribution >= 0.6 is 11.6 Å². The minimum Gasteiger partial charge on any atom is -0.464 e. The van der Waals surface area contributed by atoms with Crippen LogP contribution in [0.5, 0.6) is 0 Å². The number of furan rings is 1. The van der Waals surface area contributed by atoms with Gasteiger partial charge in [0.1, 0.15) is 17.5 Å². The average molecular weight is 311 g/mol. The Morgan fingerprint density at radius 2 is 2.05 bits per heavy atom. The van der Waals surface area contributed by atoms with E-state index in [1.807, 2.05) is 31.2 Å². The Morgan fingerprint density at radius 3 is 2.91 bits per heavy atom. The summed E-state index contributed by atoms with van der Waals surface area (Å²) >= 11 is 6.16. The van der Waals surface area contributed by atoms with Crippen LogP contribution in [0.2, 0.25) is 5.02 Å². The van der Waals surface area contributed by atoms with E-state index in [-0.39, 0.29) is 5.43 Å². The molecule has 0 bridgehead atoms. The first-order valence-corrected chi connectivity index (χ1v) is 7.18. The number of hydrogen-bond donors (Lipinski definition) is 1. The monoisotopic (exact) mass is 310 g/mol. The van der Waals surface area contributed by atoms with Gasteiger partial charge in [-0.15, -0.1) is 0 Å². The highest BCUT2D eigenvalue weighted by atomic mass is 35.5. The van der Waals surface area contributed by atoms with Gasteiger partial charge in [0.2, 0.25) is 0 Å². The fourth-order valence-electron chi connectivity index (χ4n) is 2.66. The van der Waals surface area contributed by atoms with Crippen LogP contribution < -0.4 is 5.43 Å². The lowest BCUT2D eigenvalue weighted by atomic mass is 10.1. The molecule has 5 heteroatoms. The Labute approximate surface area is 130 Å². The number of H-pyrrole nitrogens is 1. The number of aromatic amines is 1. The quantitative estimate of drug-likeness (QED) is 0.570. The molecule has 0 aliphatic heterocycles. The van der Waals surface area contributed by atoms with E-state index in [1.165, 1.54) is 6.07 Å². The van der Waals surface area contributed by atoms with E-state index in [2.05, 4.69) is 9.97 Å². The molecular formula is C17H11ClN2O2. The molecule has 0 atom stereocenters. The van der Waals surface area contributed by atoms with Gasteiger partial charge < -0.3 is 9.40 Å². The van der Waals surface area contributed by atoms with Crippen molar-refractivity contribution >= 4 is 33.6 Å². The Morgan fingerprint density at radius 1 is 1.23 bits per heavy atom. The van der Waals surface area contributed by atoms with Crippen molar-refractivity contribution in [2.75, 3.05) is 0 Å². The summed E-state index contributed by atoms with van der Waals surface area (Å²) < 4.78 is 5.53. The number of benzene rings is 1. The van der Waals surface area contributed by atoms with Crippen molar-refractivity contribution in [1.29, 1.82) is 0 Å². The van der Waals surface area contributed by atoms with Gasteiger partial charge in [-0.1, -0.05) is 29.8 Å². The summed E-state index contributed by atoms with van der Waals surface area (Å²) in [4.78, 5) is 20.0. The zero-order chi connectivity index (χ0) is 15.3. The van der Waals surface area contributed by atoms with Gasteiger partial charge in [0.05, 0.1) is 16.1 Å². The smallest absolute Gasteiger partial charge is 0.193 e. The first-order valence-electron chi connectivity index (χ1n) is 6.80. The Bertz CT molecular complexity index is 1080. The van der Waals surface area contributed by atoms with Crippen LogP contribution in [0.4, 0.5) is 0 Å². The number of halogens is 1. The standard InChI is InChI=1S/C17H11ClN2O2/c1-9-6-12(18)16-14(21)7-13(20-17(16)19-9)11-8-22-15-5-3-2-4-10(11)15/h2-8H,1H3,(H,19,20,21). The number of fused-ring (bicyclic) bond motifs is 2. The maximum Gasteiger partial charge on any atom is 0.193 e. The van der Waals surface area contributed by atoms with Gasteiger partial charge in [0.25, 0.3) is 0 Å². The first-order chi connectivity index (χ1) is 10.6. The highest BCUT2D eigenvalue weighted by Crippen LogP contribution is 2.30. The van der Waals surface area contributed by atoms with E-state index >= 15 is 0 Å². The SMILES string of the molecule is Cc1cc(Cl)c2c(=O)cc(-c3coc4ccccc34)[nH]c2n1. The summed E-state index contributed by atoms with van der Waals surface area (Å²) in [6.07, 6.45) is 1.64. The third-order valence-corrected chi connectivity index (χ3v) is 3.94. The molecule has 0 saturated heterocycles. The van der Waals surface area contributed by atoms with Gasteiger partial charge in [0.15, 0.2) is 5.43 Å². The predicted molar refractivity (Wildman–Crippen MR) is 87.3 cm³/mol. The maximum absolute atomic E-state index is 12.4. The number of aromatic nitrogens is 2. The molecule has 0 unspecified atom stereocenters. The summed E-state index contributed by atoms with van der Waals surface area (Å²) in [5.74, 6) is 0. The molecule has 0 amide bonds. The second-order valence-electron chi connectivity index (χ2n) is 5.16. The second kappa shape index (κ2) is 4.71. The Hall–Kier alpha value is -2.59. The topological polar surface area (TPSA) is 58.9 Å². The van der Waals surface area contributed by atoms with Crippen molar-refractivity contribution in [3.8, 4) is 11.3 Å². The van der Waals surface area contributed by atoms with E-state index in [0.29, 0.717) is 21.7 Å². The molecule has 0 spiro atoms. The van der Waals surface area contributed by atoms with Gasteiger partial charge >= 0.3 is 0 Å². The summed E-state index contributed by atoms with van der Waals surface area (Å²) in [6.45, 7) is 1.84. The maximum atomic E-state index is 12.4. The van der Waals surface area contributed by atoms with Crippen molar-refractivity contribution in [1.82, 2.24) is 9.97 Å². The van der Waals surface area contributed by atoms with E-state index in [0.717, 1.165) is 22.2 Å². The number of pyridine rings is 2. The summed E-state index contributed by atoms with van der Waals surface area (Å²) in [6, 6.07) is 10.9. The third-order valence-electron chi connectivity index (χ3n) is 3.65. The van der Waals surface area contributed by atoms with Crippen LogP contribution in [0.1, 0.15) is 5.69 Å². The normalized spacial score (nSPS) is 11.4. The first kappa shape index (κ1) is 13.1. The molecule has 0 aliphatic carbocycles. The molecule has 3 heterocycles. The van der Waals surface area contributed by atoms with Crippen LogP contribution in [0.3, 0.4) is 0 Å². The minimum atomic E-state index is -0.161. The molecular weight excluding hydrogens is 300 g/mol. The molecule has 0 fully saturated rings. The minimum absolute atomic E-state index is 0.161. The van der Waals surface area contributed by atoms with E-state index in [1.54, 1.807) is 12.3 Å². The molecule has 4 nitrogen and oxygen atoms in total. The summed E-state index contributed by atoms with van der Waals surface area (Å²) in [5, 5.41) is 1.76. The lowest BCUT2D eigenvalue weighted by Crippen LogP contribution is -2.05. The number of nitrogens with one attached hydrogen (secondary N) is 1. The van der Waals surface area contributed by atoms with Gasteiger partial charge in [-0.05, 0) is 19.1 Å². The molecule has 3 aromatic heterocycles. The van der Waals surface area contributed by atoms with Gasteiger partial charge in [-0.2, -0.15) is 0 Å². The zero-order valence-corrected chi connectivity index (χ0v) is 12.4. The van der Waals surface area contributed by atoms with Gasteiger partial charge in [-0.3, -0.25) is 4.79 Å². The average Bonchev–Trinajstić information content (AvgIpc) is 2.89. The highest BCUT2D eigenvalue weighted by molar-refractivity contribution is 6.35. The van der Waals surface area contributed by atoms with Crippen molar-refractivity contribution < 1.29 is 4.42 Å². The Balaban J connectivity index is 2.06. The Kier molecular flexibility index (Phi) is 2.81. The van der Waals surface area contributed by atoms with Crippen molar-refractivity contribution in [2.45, 2.75) is 6.92 Å². The van der Waals surface area contributed by atoms with Crippen LogP contribution in [-0.4, -0.2) is 9.97 Å². The molecule has 0 aliphatic rings. The fraction of sp³-hybridized carbons (Fsp3) is 0.0588. The largest absolute Gasteiger partial charge is 0.464 e. The number of hydrogen-bond acceptors (Lipinski definition) is 3. The highest BCUT2D eigenvalue weighted by Gasteiger charge is 2.13. The lowest BCUT2D eigenvalue weighted by molar-refractivity contribution is 0.617. The van der Waals surface area contributed by atoms with Crippen molar-refractivity contribution in [3.05, 3.63) is 63.6 Å². The molecule has 4 rings (SSSR count). The van der Waals surface area contributed by atoms with Crippen LogP contribution in [-0.2, 0) is 0 Å². The molecule has 22 heavy (non-hydrogen) atoms. The molecule has 1 N–H and O–H groups in total. The van der Waals surface area contributed by atoms with Gasteiger partial charge in [-0.25, -0.2) is 4.98 Å². The molecule has 0 saturated carbocycles. The molecule has 0 radical (unpaired) electrons. The van der Waals surface area contributed by atoms with Crippen molar-refractivity contribution in [2.24, 2.45) is 0 Å². The number of nitrogens with zero attached hydrogens (tertiary/aromatic N) is 1. The predicted octanol–water partition coefficient (Wildman–Crippen LogP) is 4.30. The summed E-state index contributed by atoms with van der Waals surface area (Å²) in [7, 11) is 0. The van der Waals surface area contributed by atoms with Crippen molar-refractivity contribution in [3.63, 3.8) is 0 Å². The second-order valence-corrected chi connectivity index (χ2v) is 5.57. The number of aryl methyl sites for hydroxylation is 1. The van der Waals surface area contributed by atoms with Gasteiger partial charge in [0, 0.05) is 22.7 Å². The van der Waals surface area contributed by atoms with E-state index in [9.17, 15) is 4.79 Å².